The van der Waals surface area contributed by atoms with Crippen molar-refractivity contribution in [3.8, 4) is 0 Å². The Kier molecular flexibility index (Phi) is 3.58. The van der Waals surface area contributed by atoms with E-state index < -0.39 is 0 Å². The fourth-order valence-electron chi connectivity index (χ4n) is 2.59. The van der Waals surface area contributed by atoms with E-state index in [1.165, 1.54) is 0 Å². The van der Waals surface area contributed by atoms with Crippen molar-refractivity contribution in [2.75, 3.05) is 6.54 Å². The molecule has 0 fully saturated rings. The van der Waals surface area contributed by atoms with E-state index in [4.69, 9.17) is 0 Å². The highest BCUT2D eigenvalue weighted by molar-refractivity contribution is 7.00. The number of nitrogens with one attached hydrogen (secondary N) is 1. The van der Waals surface area contributed by atoms with Gasteiger partial charge < -0.3 is 5.32 Å². The van der Waals surface area contributed by atoms with Gasteiger partial charge in [-0.2, -0.15) is 13.9 Å². The van der Waals surface area contributed by atoms with Crippen LogP contribution >= 0.6 is 11.7 Å². The molecular formula is C16H11N5O2S. The first kappa shape index (κ1) is 14.6. The molecule has 118 valence electrons. The van der Waals surface area contributed by atoms with Gasteiger partial charge in [0, 0.05) is 17.7 Å². The van der Waals surface area contributed by atoms with Gasteiger partial charge in [-0.15, -0.1) is 5.11 Å². The zero-order chi connectivity index (χ0) is 16.5. The summed E-state index contributed by atoms with van der Waals surface area (Å²) < 4.78 is 8.24. The first-order valence-electron chi connectivity index (χ1n) is 7.27. The molecule has 1 aliphatic rings. The van der Waals surface area contributed by atoms with Crippen LogP contribution in [-0.4, -0.2) is 27.1 Å². The lowest BCUT2D eigenvalue weighted by Crippen LogP contribution is -2.29. The number of nitrogens with zero attached hydrogens (tertiary/aromatic N) is 4. The molecule has 0 saturated heterocycles. The van der Waals surface area contributed by atoms with Crippen LogP contribution in [0.1, 0.15) is 32.3 Å². The van der Waals surface area contributed by atoms with Crippen LogP contribution in [0.5, 0.6) is 0 Å². The number of amides is 2. The predicted molar refractivity (Wildman–Crippen MR) is 88.1 cm³/mol. The molecule has 1 unspecified atom stereocenters. The second kappa shape index (κ2) is 5.89. The van der Waals surface area contributed by atoms with E-state index in [1.54, 1.807) is 30.3 Å². The van der Waals surface area contributed by atoms with Crippen LogP contribution in [0.25, 0.3) is 11.0 Å². The zero-order valence-corrected chi connectivity index (χ0v) is 13.2. The largest absolute Gasteiger partial charge is 0.349 e. The summed E-state index contributed by atoms with van der Waals surface area (Å²) in [4.78, 5) is 24.1. The Balaban J connectivity index is 1.51. The smallest absolute Gasteiger partial charge is 0.295 e. The lowest BCUT2D eigenvalue weighted by Gasteiger charge is -2.18. The van der Waals surface area contributed by atoms with Crippen LogP contribution in [0.2, 0.25) is 0 Å². The topological polar surface area (TPSA) is 96.7 Å². The summed E-state index contributed by atoms with van der Waals surface area (Å²) in [5.41, 5.74) is 3.27. The van der Waals surface area contributed by atoms with Gasteiger partial charge in [-0.1, -0.05) is 18.2 Å². The number of benzene rings is 2. The van der Waals surface area contributed by atoms with Crippen molar-refractivity contribution >= 4 is 34.6 Å². The third kappa shape index (κ3) is 2.56. The van der Waals surface area contributed by atoms with Crippen molar-refractivity contribution in [1.82, 2.24) is 14.1 Å². The number of carbonyl (C=O) groups excluding carboxylic acids is 2. The quantitative estimate of drug-likeness (QED) is 0.794. The van der Waals surface area contributed by atoms with Crippen LogP contribution in [0.4, 0.5) is 0 Å². The molecule has 0 spiro atoms. The number of hydrogen-bond acceptors (Lipinski definition) is 6. The highest BCUT2D eigenvalue weighted by Gasteiger charge is 2.23. The van der Waals surface area contributed by atoms with Crippen molar-refractivity contribution in [1.29, 1.82) is 0 Å². The highest BCUT2D eigenvalue weighted by Crippen LogP contribution is 2.26. The van der Waals surface area contributed by atoms with E-state index in [0.717, 1.165) is 22.8 Å². The van der Waals surface area contributed by atoms with Gasteiger partial charge in [-0.3, -0.25) is 9.59 Å². The molecule has 1 aromatic heterocycles. The van der Waals surface area contributed by atoms with E-state index in [2.05, 4.69) is 24.3 Å². The Morgan fingerprint density at radius 1 is 1.12 bits per heavy atom. The molecule has 2 aromatic carbocycles. The lowest BCUT2D eigenvalue weighted by molar-refractivity contribution is 0.0950. The van der Waals surface area contributed by atoms with Crippen LogP contribution in [0.3, 0.4) is 0 Å². The molecule has 2 heterocycles. The fraction of sp³-hybridized carbons (Fsp3) is 0.125. The minimum absolute atomic E-state index is 0.227. The number of aromatic nitrogens is 2. The average Bonchev–Trinajstić information content (AvgIpc) is 3.09. The van der Waals surface area contributed by atoms with Crippen molar-refractivity contribution < 1.29 is 9.59 Å². The van der Waals surface area contributed by atoms with Crippen molar-refractivity contribution in [3.05, 3.63) is 59.2 Å². The SMILES string of the molecule is O=C(NCC1N=NC(=O)c2ccccc21)c1ccc2nsnc2c1. The van der Waals surface area contributed by atoms with E-state index in [0.29, 0.717) is 16.6 Å². The first-order valence-corrected chi connectivity index (χ1v) is 8.00. The van der Waals surface area contributed by atoms with Crippen molar-refractivity contribution in [3.63, 3.8) is 0 Å². The third-order valence-electron chi connectivity index (χ3n) is 3.81. The van der Waals surface area contributed by atoms with Crippen molar-refractivity contribution in [2.45, 2.75) is 6.04 Å². The number of azo groups is 1. The van der Waals surface area contributed by atoms with E-state index in [9.17, 15) is 9.59 Å². The summed E-state index contributed by atoms with van der Waals surface area (Å²) in [6.07, 6.45) is 0. The molecule has 2 amide bonds. The maximum atomic E-state index is 12.3. The van der Waals surface area contributed by atoms with E-state index >= 15 is 0 Å². The Bertz CT molecular complexity index is 981. The van der Waals surface area contributed by atoms with Gasteiger partial charge in [0.1, 0.15) is 17.1 Å². The average molecular weight is 337 g/mol. The van der Waals surface area contributed by atoms with Gasteiger partial charge in [0.25, 0.3) is 11.8 Å². The Morgan fingerprint density at radius 2 is 1.96 bits per heavy atom. The van der Waals surface area contributed by atoms with Gasteiger partial charge in [-0.25, -0.2) is 0 Å². The molecule has 0 saturated carbocycles. The van der Waals surface area contributed by atoms with Crippen LogP contribution in [-0.2, 0) is 0 Å². The van der Waals surface area contributed by atoms with Gasteiger partial charge in [-0.05, 0) is 29.8 Å². The standard InChI is InChI=1S/C16H11N5O2S/c22-15(9-5-6-12-13(7-9)21-24-20-12)17-8-14-10-3-1-2-4-11(10)16(23)19-18-14/h1-7,14H,8H2,(H,17,22). The van der Waals surface area contributed by atoms with Crippen LogP contribution in [0.15, 0.2) is 52.7 Å². The Hall–Kier alpha value is -3.00. The minimum Gasteiger partial charge on any atom is -0.349 e. The zero-order valence-electron chi connectivity index (χ0n) is 12.3. The molecular weight excluding hydrogens is 326 g/mol. The summed E-state index contributed by atoms with van der Waals surface area (Å²) in [6, 6.07) is 12.0. The molecule has 1 atom stereocenters. The molecule has 7 nitrogen and oxygen atoms in total. The Morgan fingerprint density at radius 3 is 2.88 bits per heavy atom. The molecule has 0 bridgehead atoms. The number of rotatable bonds is 3. The van der Waals surface area contributed by atoms with Crippen molar-refractivity contribution in [2.24, 2.45) is 10.2 Å². The molecule has 4 rings (SSSR count). The minimum atomic E-state index is -0.368. The maximum Gasteiger partial charge on any atom is 0.295 e. The molecule has 1 aliphatic heterocycles. The molecule has 3 aromatic rings. The van der Waals surface area contributed by atoms with Gasteiger partial charge in [0.15, 0.2) is 0 Å². The summed E-state index contributed by atoms with van der Waals surface area (Å²) in [5.74, 6) is -0.579. The predicted octanol–water partition coefficient (Wildman–Crippen LogP) is 2.77. The summed E-state index contributed by atoms with van der Waals surface area (Å²) in [6.45, 7) is 0.264. The number of fused-ring (bicyclic) bond motifs is 2. The van der Waals surface area contributed by atoms with Gasteiger partial charge >= 0.3 is 0 Å². The Labute approximate surface area is 140 Å². The molecule has 8 heteroatoms. The van der Waals surface area contributed by atoms with E-state index in [1.807, 2.05) is 12.1 Å². The normalized spacial score (nSPS) is 16.2. The first-order chi connectivity index (χ1) is 11.7. The van der Waals surface area contributed by atoms with Gasteiger partial charge in [0.05, 0.1) is 11.7 Å². The second-order valence-electron chi connectivity index (χ2n) is 5.30. The summed E-state index contributed by atoms with van der Waals surface area (Å²) in [5, 5.41) is 10.5. The summed E-state index contributed by atoms with van der Waals surface area (Å²) in [7, 11) is 0. The fourth-order valence-corrected chi connectivity index (χ4v) is 3.10. The molecule has 1 N–H and O–H groups in total. The van der Waals surface area contributed by atoms with Crippen LogP contribution in [0, 0.1) is 0 Å². The third-order valence-corrected chi connectivity index (χ3v) is 4.37. The lowest BCUT2D eigenvalue weighted by atomic mass is 9.99. The number of hydrogen-bond donors (Lipinski definition) is 1. The van der Waals surface area contributed by atoms with Gasteiger partial charge in [0.2, 0.25) is 0 Å². The van der Waals surface area contributed by atoms with E-state index in [-0.39, 0.29) is 24.4 Å². The molecule has 0 radical (unpaired) electrons. The monoisotopic (exact) mass is 337 g/mol. The molecule has 0 aliphatic carbocycles. The summed E-state index contributed by atoms with van der Waals surface area (Å²) >= 11 is 1.11. The second-order valence-corrected chi connectivity index (χ2v) is 5.83. The molecule has 24 heavy (non-hydrogen) atoms. The maximum absolute atomic E-state index is 12.3. The highest BCUT2D eigenvalue weighted by atomic mass is 32.1. The number of carbonyl (C=O) groups is 2. The van der Waals surface area contributed by atoms with Crippen LogP contribution < -0.4 is 5.32 Å².